The van der Waals surface area contributed by atoms with E-state index in [1.54, 1.807) is 18.9 Å². The van der Waals surface area contributed by atoms with E-state index < -0.39 is 11.9 Å². The zero-order valence-corrected chi connectivity index (χ0v) is 8.77. The highest BCUT2D eigenvalue weighted by Gasteiger charge is 2.09. The van der Waals surface area contributed by atoms with Crippen LogP contribution in [0.5, 0.6) is 0 Å². The van der Waals surface area contributed by atoms with Gasteiger partial charge >= 0.3 is 0 Å². The van der Waals surface area contributed by atoms with E-state index in [1.165, 1.54) is 18.2 Å². The normalized spacial score (nSPS) is 12.3. The Bertz CT molecular complexity index is 352. The molecule has 1 aromatic carbocycles. The summed E-state index contributed by atoms with van der Waals surface area (Å²) in [7, 11) is 1.74. The van der Waals surface area contributed by atoms with Crippen LogP contribution in [0.3, 0.4) is 0 Å². The van der Waals surface area contributed by atoms with Crippen LogP contribution in [0, 0.1) is 5.82 Å². The summed E-state index contributed by atoms with van der Waals surface area (Å²) in [5.74, 6) is -0.439. The number of carbonyl (C=O) groups excluding carboxylic acids is 1. The van der Waals surface area contributed by atoms with Gasteiger partial charge in [-0.25, -0.2) is 4.39 Å². The van der Waals surface area contributed by atoms with E-state index in [2.05, 4.69) is 0 Å². The van der Waals surface area contributed by atoms with Crippen LogP contribution in [0.15, 0.2) is 18.2 Å². The first-order valence-corrected chi connectivity index (χ1v) is 4.68. The molecule has 1 atom stereocenters. The summed E-state index contributed by atoms with van der Waals surface area (Å²) >= 11 is 0. The monoisotopic (exact) mass is 211 g/mol. The molecule has 0 aliphatic carbocycles. The minimum Gasteiger partial charge on any atom is -0.392 e. The minimum absolute atomic E-state index is 0.290. The van der Waals surface area contributed by atoms with E-state index in [4.69, 9.17) is 0 Å². The average Bonchev–Trinajstić information content (AvgIpc) is 2.16. The van der Waals surface area contributed by atoms with Crippen LogP contribution < -0.4 is 4.90 Å². The molecule has 3 nitrogen and oxygen atoms in total. The Balaban J connectivity index is 2.97. The number of halogens is 1. The minimum atomic E-state index is -0.500. The topological polar surface area (TPSA) is 40.5 Å². The molecule has 1 N–H and O–H groups in total. The Morgan fingerprint density at radius 2 is 2.27 bits per heavy atom. The number of aliphatic hydroxyl groups is 1. The third-order valence-electron chi connectivity index (χ3n) is 2.07. The zero-order valence-electron chi connectivity index (χ0n) is 8.77. The van der Waals surface area contributed by atoms with Crippen LogP contribution in [-0.4, -0.2) is 31.1 Å². The van der Waals surface area contributed by atoms with Crippen molar-refractivity contribution in [2.75, 3.05) is 18.5 Å². The molecular formula is C11H14FNO2. The molecule has 0 aliphatic rings. The van der Waals surface area contributed by atoms with Gasteiger partial charge < -0.3 is 10.0 Å². The smallest absolute Gasteiger partial charge is 0.152 e. The molecule has 1 unspecified atom stereocenters. The predicted octanol–water partition coefficient (Wildman–Crippen LogP) is 1.46. The van der Waals surface area contributed by atoms with Crippen LogP contribution >= 0.6 is 0 Å². The molecule has 0 heterocycles. The molecule has 82 valence electrons. The predicted molar refractivity (Wildman–Crippen MR) is 56.7 cm³/mol. The van der Waals surface area contributed by atoms with Gasteiger partial charge in [-0.2, -0.15) is 0 Å². The van der Waals surface area contributed by atoms with Gasteiger partial charge in [0.15, 0.2) is 6.29 Å². The van der Waals surface area contributed by atoms with Gasteiger partial charge in [0, 0.05) is 24.8 Å². The number of likely N-dealkylation sites (N-methyl/N-ethyl adjacent to an activating group) is 1. The van der Waals surface area contributed by atoms with E-state index in [-0.39, 0.29) is 5.56 Å². The van der Waals surface area contributed by atoms with Crippen LogP contribution in [0.25, 0.3) is 0 Å². The Morgan fingerprint density at radius 3 is 2.80 bits per heavy atom. The van der Waals surface area contributed by atoms with Gasteiger partial charge in [-0.3, -0.25) is 4.79 Å². The summed E-state index contributed by atoms with van der Waals surface area (Å²) in [5.41, 5.74) is 0.908. The molecule has 0 amide bonds. The molecule has 0 saturated carbocycles. The molecule has 15 heavy (non-hydrogen) atoms. The first-order chi connectivity index (χ1) is 7.04. The van der Waals surface area contributed by atoms with Gasteiger partial charge in [0.25, 0.3) is 0 Å². The van der Waals surface area contributed by atoms with Crippen molar-refractivity contribution in [2.45, 2.75) is 13.0 Å². The Morgan fingerprint density at radius 1 is 1.60 bits per heavy atom. The molecule has 1 rings (SSSR count). The second-order valence-corrected chi connectivity index (χ2v) is 3.55. The maximum absolute atomic E-state index is 12.8. The van der Waals surface area contributed by atoms with Crippen molar-refractivity contribution in [3.05, 3.63) is 29.6 Å². The zero-order chi connectivity index (χ0) is 11.4. The fourth-order valence-corrected chi connectivity index (χ4v) is 1.46. The average molecular weight is 211 g/mol. The molecule has 1 aromatic rings. The fourth-order valence-electron chi connectivity index (χ4n) is 1.46. The van der Waals surface area contributed by atoms with Gasteiger partial charge in [0.2, 0.25) is 0 Å². The summed E-state index contributed by atoms with van der Waals surface area (Å²) in [6, 6.07) is 4.00. The quantitative estimate of drug-likeness (QED) is 0.766. The highest BCUT2D eigenvalue weighted by atomic mass is 19.1. The first-order valence-electron chi connectivity index (χ1n) is 4.68. The summed E-state index contributed by atoms with van der Waals surface area (Å²) < 4.78 is 12.8. The Hall–Kier alpha value is -1.42. The third-order valence-corrected chi connectivity index (χ3v) is 2.07. The standard InChI is InChI=1S/C11H14FNO2/c1-8(15)6-13(2)11-4-3-10(12)5-9(11)7-14/h3-5,7-8,15H,6H2,1-2H3. The van der Waals surface area contributed by atoms with Crippen LogP contribution in [0.2, 0.25) is 0 Å². The number of rotatable bonds is 4. The van der Waals surface area contributed by atoms with Crippen molar-refractivity contribution in [1.29, 1.82) is 0 Å². The van der Waals surface area contributed by atoms with Crippen molar-refractivity contribution in [2.24, 2.45) is 0 Å². The van der Waals surface area contributed by atoms with Crippen LogP contribution in [0.4, 0.5) is 10.1 Å². The van der Waals surface area contributed by atoms with Crippen molar-refractivity contribution in [1.82, 2.24) is 0 Å². The van der Waals surface area contributed by atoms with E-state index in [0.717, 1.165) is 0 Å². The largest absolute Gasteiger partial charge is 0.392 e. The summed E-state index contributed by atoms with van der Waals surface area (Å²) in [6.45, 7) is 2.05. The van der Waals surface area contributed by atoms with Crippen LogP contribution in [0.1, 0.15) is 17.3 Å². The highest BCUT2D eigenvalue weighted by Crippen LogP contribution is 2.19. The van der Waals surface area contributed by atoms with Crippen molar-refractivity contribution in [3.63, 3.8) is 0 Å². The van der Waals surface area contributed by atoms with Gasteiger partial charge in [0.05, 0.1) is 6.10 Å². The second kappa shape index (κ2) is 4.89. The molecule has 4 heteroatoms. The lowest BCUT2D eigenvalue weighted by Crippen LogP contribution is -2.27. The number of hydrogen-bond acceptors (Lipinski definition) is 3. The first kappa shape index (κ1) is 11.7. The fraction of sp³-hybridized carbons (Fsp3) is 0.364. The van der Waals surface area contributed by atoms with Gasteiger partial charge in [-0.05, 0) is 25.1 Å². The second-order valence-electron chi connectivity index (χ2n) is 3.55. The van der Waals surface area contributed by atoms with E-state index in [9.17, 15) is 14.3 Å². The number of carbonyl (C=O) groups is 1. The highest BCUT2D eigenvalue weighted by molar-refractivity contribution is 5.84. The maximum atomic E-state index is 12.8. The van der Waals surface area contributed by atoms with Gasteiger partial charge in [0.1, 0.15) is 5.82 Å². The lowest BCUT2D eigenvalue weighted by Gasteiger charge is -2.22. The van der Waals surface area contributed by atoms with Crippen molar-refractivity contribution >= 4 is 12.0 Å². The number of aliphatic hydroxyl groups excluding tert-OH is 1. The summed E-state index contributed by atoms with van der Waals surface area (Å²) in [5, 5.41) is 9.20. The molecule has 0 aromatic heterocycles. The summed E-state index contributed by atoms with van der Waals surface area (Å²) in [4.78, 5) is 12.4. The Labute approximate surface area is 88.1 Å². The number of anilines is 1. The van der Waals surface area contributed by atoms with Crippen molar-refractivity contribution in [3.8, 4) is 0 Å². The third kappa shape index (κ3) is 3.02. The van der Waals surface area contributed by atoms with Gasteiger partial charge in [-0.15, -0.1) is 0 Å². The lowest BCUT2D eigenvalue weighted by molar-refractivity contribution is 0.112. The maximum Gasteiger partial charge on any atom is 0.152 e. The number of benzene rings is 1. The molecule has 0 spiro atoms. The van der Waals surface area contributed by atoms with Gasteiger partial charge in [-0.1, -0.05) is 0 Å². The van der Waals surface area contributed by atoms with E-state index in [0.29, 0.717) is 18.5 Å². The SMILES string of the molecule is CC(O)CN(C)c1ccc(F)cc1C=O. The molecule has 0 aliphatic heterocycles. The molecule has 0 radical (unpaired) electrons. The summed E-state index contributed by atoms with van der Waals surface area (Å²) in [6.07, 6.45) is 0.108. The molecule has 0 bridgehead atoms. The number of aldehydes is 1. The molecular weight excluding hydrogens is 197 g/mol. The van der Waals surface area contributed by atoms with Crippen LogP contribution in [-0.2, 0) is 0 Å². The van der Waals surface area contributed by atoms with E-state index >= 15 is 0 Å². The molecule has 0 saturated heterocycles. The van der Waals surface area contributed by atoms with Crippen molar-refractivity contribution < 1.29 is 14.3 Å². The van der Waals surface area contributed by atoms with E-state index in [1.807, 2.05) is 0 Å². The molecule has 0 fully saturated rings. The Kier molecular flexibility index (Phi) is 3.80. The number of nitrogens with zero attached hydrogens (tertiary/aromatic N) is 1. The number of hydrogen-bond donors (Lipinski definition) is 1. The lowest BCUT2D eigenvalue weighted by atomic mass is 10.1.